The number of carbonyl (C=O) groups is 1. The van der Waals surface area contributed by atoms with E-state index in [0.29, 0.717) is 12.3 Å². The van der Waals surface area contributed by atoms with E-state index in [1.807, 2.05) is 11.8 Å². The summed E-state index contributed by atoms with van der Waals surface area (Å²) in [5.41, 5.74) is 0. The van der Waals surface area contributed by atoms with Crippen molar-refractivity contribution in [3.63, 3.8) is 0 Å². The van der Waals surface area contributed by atoms with Crippen LogP contribution in [0.4, 0.5) is 0 Å². The van der Waals surface area contributed by atoms with Gasteiger partial charge in [-0.25, -0.2) is 0 Å². The van der Waals surface area contributed by atoms with E-state index in [-0.39, 0.29) is 5.91 Å². The minimum Gasteiger partial charge on any atom is -0.356 e. The molecule has 13 heavy (non-hydrogen) atoms. The number of alkyl halides is 1. The lowest BCUT2D eigenvalue weighted by atomic mass is 10.3. The van der Waals surface area contributed by atoms with Gasteiger partial charge < -0.3 is 5.32 Å². The molecule has 4 heteroatoms. The fourth-order valence-corrected chi connectivity index (χ4v) is 1.54. The molecular formula is C9H18ClNOS. The number of hydrogen-bond acceptors (Lipinski definition) is 2. The number of rotatable bonds is 8. The van der Waals surface area contributed by atoms with Gasteiger partial charge in [0.2, 0.25) is 5.91 Å². The zero-order valence-corrected chi connectivity index (χ0v) is 9.72. The quantitative estimate of drug-likeness (QED) is 0.505. The summed E-state index contributed by atoms with van der Waals surface area (Å²) in [6, 6.07) is 0. The first-order chi connectivity index (χ1) is 6.31. The highest BCUT2D eigenvalue weighted by atomic mass is 35.5. The topological polar surface area (TPSA) is 29.1 Å². The van der Waals surface area contributed by atoms with Gasteiger partial charge in [0.15, 0.2) is 0 Å². The molecule has 1 N–H and O–H groups in total. The number of hydrogen-bond donors (Lipinski definition) is 1. The Balaban J connectivity index is 3.08. The Morgan fingerprint density at radius 1 is 1.38 bits per heavy atom. The van der Waals surface area contributed by atoms with Gasteiger partial charge in [-0.3, -0.25) is 4.79 Å². The Kier molecular flexibility index (Phi) is 10.3. The first kappa shape index (κ1) is 13.1. The Hall–Kier alpha value is 0.110. The largest absolute Gasteiger partial charge is 0.356 e. The van der Waals surface area contributed by atoms with Crippen molar-refractivity contribution in [2.75, 3.05) is 24.4 Å². The molecule has 0 spiro atoms. The summed E-state index contributed by atoms with van der Waals surface area (Å²) >= 11 is 7.31. The van der Waals surface area contributed by atoms with Crippen molar-refractivity contribution in [1.82, 2.24) is 5.32 Å². The molecule has 0 atom stereocenters. The maximum atomic E-state index is 11.1. The van der Waals surface area contributed by atoms with Crippen LogP contribution < -0.4 is 5.32 Å². The summed E-state index contributed by atoms with van der Waals surface area (Å²) in [7, 11) is 0. The normalized spacial score (nSPS) is 10.0. The molecule has 0 heterocycles. The third kappa shape index (κ3) is 10.0. The van der Waals surface area contributed by atoms with Crippen LogP contribution in [0.3, 0.4) is 0 Å². The van der Waals surface area contributed by atoms with Gasteiger partial charge in [0.1, 0.15) is 0 Å². The highest BCUT2D eigenvalue weighted by molar-refractivity contribution is 7.98. The van der Waals surface area contributed by atoms with E-state index in [4.69, 9.17) is 11.6 Å². The number of carbonyl (C=O) groups excluding carboxylic acids is 1. The van der Waals surface area contributed by atoms with E-state index in [1.165, 1.54) is 12.2 Å². The number of thioether (sulfide) groups is 1. The van der Waals surface area contributed by atoms with Crippen LogP contribution in [0.2, 0.25) is 0 Å². The van der Waals surface area contributed by atoms with Crippen LogP contribution in [0.5, 0.6) is 0 Å². The van der Waals surface area contributed by atoms with Gasteiger partial charge in [-0.05, 0) is 31.3 Å². The van der Waals surface area contributed by atoms with Gasteiger partial charge in [-0.1, -0.05) is 0 Å². The van der Waals surface area contributed by atoms with Crippen LogP contribution in [0.25, 0.3) is 0 Å². The fourth-order valence-electron chi connectivity index (χ4n) is 0.915. The van der Waals surface area contributed by atoms with Crippen molar-refractivity contribution >= 4 is 29.3 Å². The van der Waals surface area contributed by atoms with Gasteiger partial charge >= 0.3 is 0 Å². The standard InChI is InChI=1S/C9H18ClNOS/c1-13-8-3-2-7-11-9(12)5-4-6-10/h2-8H2,1H3,(H,11,12). The number of nitrogens with one attached hydrogen (secondary N) is 1. The average Bonchev–Trinajstić information content (AvgIpc) is 2.14. The Morgan fingerprint density at radius 3 is 2.77 bits per heavy atom. The summed E-state index contributed by atoms with van der Waals surface area (Å²) in [4.78, 5) is 11.1. The third-order valence-corrected chi connectivity index (χ3v) is 2.60. The van der Waals surface area contributed by atoms with Crippen LogP contribution in [0, 0.1) is 0 Å². The van der Waals surface area contributed by atoms with Crippen LogP contribution in [0.1, 0.15) is 25.7 Å². The molecule has 0 bridgehead atoms. The molecule has 0 aliphatic heterocycles. The first-order valence-corrected chi connectivity index (χ1v) is 6.55. The summed E-state index contributed by atoms with van der Waals surface area (Å²) in [6.07, 6.45) is 5.69. The third-order valence-electron chi connectivity index (χ3n) is 1.63. The van der Waals surface area contributed by atoms with Crippen LogP contribution >= 0.6 is 23.4 Å². The molecule has 0 unspecified atom stereocenters. The predicted molar refractivity (Wildman–Crippen MR) is 60.6 cm³/mol. The van der Waals surface area contributed by atoms with E-state index in [1.54, 1.807) is 0 Å². The fraction of sp³-hybridized carbons (Fsp3) is 0.889. The summed E-state index contributed by atoms with van der Waals surface area (Å²) < 4.78 is 0. The van der Waals surface area contributed by atoms with Crippen LogP contribution in [0.15, 0.2) is 0 Å². The molecule has 78 valence electrons. The van der Waals surface area contributed by atoms with E-state index < -0.39 is 0 Å². The smallest absolute Gasteiger partial charge is 0.220 e. The Labute approximate surface area is 89.8 Å². The van der Waals surface area contributed by atoms with Crippen molar-refractivity contribution in [2.24, 2.45) is 0 Å². The number of amides is 1. The molecule has 0 aromatic rings. The van der Waals surface area contributed by atoms with E-state index in [9.17, 15) is 4.79 Å². The molecule has 0 aliphatic carbocycles. The second kappa shape index (κ2) is 10.2. The molecule has 0 saturated heterocycles. The van der Waals surface area contributed by atoms with E-state index >= 15 is 0 Å². The summed E-state index contributed by atoms with van der Waals surface area (Å²) in [6.45, 7) is 0.807. The lowest BCUT2D eigenvalue weighted by Crippen LogP contribution is -2.24. The maximum Gasteiger partial charge on any atom is 0.220 e. The zero-order valence-electron chi connectivity index (χ0n) is 8.14. The van der Waals surface area contributed by atoms with Gasteiger partial charge in [-0.15, -0.1) is 11.6 Å². The van der Waals surface area contributed by atoms with Crippen LogP contribution in [-0.2, 0) is 4.79 Å². The molecule has 0 aromatic heterocycles. The lowest BCUT2D eigenvalue weighted by molar-refractivity contribution is -0.121. The molecular weight excluding hydrogens is 206 g/mol. The van der Waals surface area contributed by atoms with Gasteiger partial charge in [0.05, 0.1) is 0 Å². The Morgan fingerprint density at radius 2 is 2.15 bits per heavy atom. The molecule has 0 aliphatic rings. The van der Waals surface area contributed by atoms with Crippen LogP contribution in [-0.4, -0.2) is 30.3 Å². The first-order valence-electron chi connectivity index (χ1n) is 4.63. The Bertz CT molecular complexity index is 133. The van der Waals surface area contributed by atoms with Gasteiger partial charge in [0.25, 0.3) is 0 Å². The van der Waals surface area contributed by atoms with Crippen molar-refractivity contribution < 1.29 is 4.79 Å². The molecule has 0 fully saturated rings. The van der Waals surface area contributed by atoms with E-state index in [0.717, 1.165) is 19.4 Å². The van der Waals surface area contributed by atoms with Crippen molar-refractivity contribution in [3.05, 3.63) is 0 Å². The zero-order chi connectivity index (χ0) is 9.94. The highest BCUT2D eigenvalue weighted by Gasteiger charge is 1.98. The number of unbranched alkanes of at least 4 members (excludes halogenated alkanes) is 1. The minimum atomic E-state index is 0.129. The lowest BCUT2D eigenvalue weighted by Gasteiger charge is -2.03. The maximum absolute atomic E-state index is 11.1. The molecule has 0 rings (SSSR count). The monoisotopic (exact) mass is 223 g/mol. The van der Waals surface area contributed by atoms with Crippen molar-refractivity contribution in [2.45, 2.75) is 25.7 Å². The minimum absolute atomic E-state index is 0.129. The average molecular weight is 224 g/mol. The molecule has 0 aromatic carbocycles. The van der Waals surface area contributed by atoms with Gasteiger partial charge in [-0.2, -0.15) is 11.8 Å². The molecule has 0 saturated carbocycles. The summed E-state index contributed by atoms with van der Waals surface area (Å²) in [5, 5.41) is 2.87. The predicted octanol–water partition coefficient (Wildman–Crippen LogP) is 2.26. The number of halogens is 1. The second-order valence-corrected chi connectivity index (χ2v) is 4.21. The van der Waals surface area contributed by atoms with E-state index in [2.05, 4.69) is 11.6 Å². The molecule has 0 radical (unpaired) electrons. The summed E-state index contributed by atoms with van der Waals surface area (Å²) in [5.74, 6) is 1.88. The second-order valence-electron chi connectivity index (χ2n) is 2.84. The van der Waals surface area contributed by atoms with Crippen molar-refractivity contribution in [1.29, 1.82) is 0 Å². The molecule has 1 amide bonds. The van der Waals surface area contributed by atoms with Gasteiger partial charge in [0, 0.05) is 18.8 Å². The molecule has 2 nitrogen and oxygen atoms in total. The SMILES string of the molecule is CSCCCCNC(=O)CCCCl. The van der Waals surface area contributed by atoms with Crippen molar-refractivity contribution in [3.8, 4) is 0 Å². The highest BCUT2D eigenvalue weighted by Crippen LogP contribution is 1.98.